The topological polar surface area (TPSA) is 54.4 Å². The molecule has 4 heteroatoms. The fourth-order valence-electron chi connectivity index (χ4n) is 1.73. The van der Waals surface area contributed by atoms with Gasteiger partial charge in [-0.1, -0.05) is 12.1 Å². The minimum Gasteiger partial charge on any atom is -0.267 e. The van der Waals surface area contributed by atoms with Crippen LogP contribution in [0.3, 0.4) is 0 Å². The molecule has 0 aliphatic heterocycles. The SMILES string of the molecule is C/C(=N/NC(=O)c1cccnc1)c1ccc(C)c(C)c1. The summed E-state index contributed by atoms with van der Waals surface area (Å²) in [7, 11) is 0. The van der Waals surface area contributed by atoms with Crippen molar-refractivity contribution >= 4 is 11.6 Å². The summed E-state index contributed by atoms with van der Waals surface area (Å²) < 4.78 is 0. The number of benzene rings is 1. The average molecular weight is 267 g/mol. The normalized spacial score (nSPS) is 11.2. The summed E-state index contributed by atoms with van der Waals surface area (Å²) in [6.07, 6.45) is 3.14. The van der Waals surface area contributed by atoms with Crippen molar-refractivity contribution in [3.63, 3.8) is 0 Å². The Bertz CT molecular complexity index is 648. The van der Waals surface area contributed by atoms with Crippen LogP contribution in [0.1, 0.15) is 34.0 Å². The predicted molar refractivity (Wildman–Crippen MR) is 79.8 cm³/mol. The van der Waals surface area contributed by atoms with E-state index in [0.29, 0.717) is 5.56 Å². The van der Waals surface area contributed by atoms with Crippen LogP contribution >= 0.6 is 0 Å². The van der Waals surface area contributed by atoms with E-state index >= 15 is 0 Å². The maximum absolute atomic E-state index is 11.8. The highest BCUT2D eigenvalue weighted by Crippen LogP contribution is 2.10. The van der Waals surface area contributed by atoms with Gasteiger partial charge in [0, 0.05) is 12.4 Å². The lowest BCUT2D eigenvalue weighted by atomic mass is 10.0. The number of carbonyl (C=O) groups is 1. The molecule has 102 valence electrons. The van der Waals surface area contributed by atoms with Crippen molar-refractivity contribution in [1.29, 1.82) is 0 Å². The number of nitrogens with one attached hydrogen (secondary N) is 1. The van der Waals surface area contributed by atoms with Crippen LogP contribution in [0.5, 0.6) is 0 Å². The Morgan fingerprint density at radius 2 is 1.95 bits per heavy atom. The number of hydrogen-bond donors (Lipinski definition) is 1. The van der Waals surface area contributed by atoms with Gasteiger partial charge in [-0.15, -0.1) is 0 Å². The lowest BCUT2D eigenvalue weighted by Crippen LogP contribution is -2.19. The van der Waals surface area contributed by atoms with Crippen LogP contribution < -0.4 is 5.43 Å². The molecule has 2 rings (SSSR count). The van der Waals surface area contributed by atoms with Gasteiger partial charge in [-0.25, -0.2) is 5.43 Å². The van der Waals surface area contributed by atoms with Crippen LogP contribution in [0.2, 0.25) is 0 Å². The first kappa shape index (κ1) is 13.9. The Morgan fingerprint density at radius 3 is 2.60 bits per heavy atom. The van der Waals surface area contributed by atoms with E-state index < -0.39 is 0 Å². The van der Waals surface area contributed by atoms with Gasteiger partial charge in [-0.2, -0.15) is 5.10 Å². The van der Waals surface area contributed by atoms with E-state index in [9.17, 15) is 4.79 Å². The Hall–Kier alpha value is -2.49. The molecule has 1 aromatic carbocycles. The van der Waals surface area contributed by atoms with E-state index in [2.05, 4.69) is 35.4 Å². The first-order valence-corrected chi connectivity index (χ1v) is 6.40. The summed E-state index contributed by atoms with van der Waals surface area (Å²) in [5, 5.41) is 4.13. The monoisotopic (exact) mass is 267 g/mol. The van der Waals surface area contributed by atoms with Crippen molar-refractivity contribution in [2.24, 2.45) is 5.10 Å². The molecule has 20 heavy (non-hydrogen) atoms. The van der Waals surface area contributed by atoms with Crippen molar-refractivity contribution in [3.05, 3.63) is 65.0 Å². The molecule has 1 amide bonds. The number of hydrazone groups is 1. The Balaban J connectivity index is 2.11. The van der Waals surface area contributed by atoms with Crippen molar-refractivity contribution in [1.82, 2.24) is 10.4 Å². The van der Waals surface area contributed by atoms with Crippen LogP contribution in [0.4, 0.5) is 0 Å². The lowest BCUT2D eigenvalue weighted by molar-refractivity contribution is 0.0954. The molecule has 2 aromatic rings. The van der Waals surface area contributed by atoms with Gasteiger partial charge in [0.1, 0.15) is 0 Å². The molecule has 0 radical (unpaired) electrons. The van der Waals surface area contributed by atoms with Crippen molar-refractivity contribution in [3.8, 4) is 0 Å². The summed E-state index contributed by atoms with van der Waals surface area (Å²) in [4.78, 5) is 15.7. The lowest BCUT2D eigenvalue weighted by Gasteiger charge is -2.05. The van der Waals surface area contributed by atoms with Gasteiger partial charge in [-0.05, 0) is 55.7 Å². The molecule has 0 spiro atoms. The molecule has 0 aliphatic carbocycles. The smallest absolute Gasteiger partial charge is 0.267 e. The van der Waals surface area contributed by atoms with E-state index in [1.807, 2.05) is 19.1 Å². The molecule has 1 heterocycles. The number of nitrogens with zero attached hydrogens (tertiary/aromatic N) is 2. The molecule has 1 N–H and O–H groups in total. The molecule has 0 saturated carbocycles. The average Bonchev–Trinajstić information content (AvgIpc) is 2.48. The first-order chi connectivity index (χ1) is 9.58. The van der Waals surface area contributed by atoms with E-state index in [0.717, 1.165) is 11.3 Å². The van der Waals surface area contributed by atoms with Crippen molar-refractivity contribution < 1.29 is 4.79 Å². The predicted octanol–water partition coefficient (Wildman–Crippen LogP) is 2.85. The molecule has 0 fully saturated rings. The standard InChI is InChI=1S/C16H17N3O/c1-11-6-7-14(9-12(11)2)13(3)18-19-16(20)15-5-4-8-17-10-15/h4-10H,1-3H3,(H,19,20)/b18-13-. The quantitative estimate of drug-likeness (QED) is 0.686. The summed E-state index contributed by atoms with van der Waals surface area (Å²) >= 11 is 0. The summed E-state index contributed by atoms with van der Waals surface area (Å²) in [6.45, 7) is 5.99. The van der Waals surface area contributed by atoms with Gasteiger partial charge in [0.25, 0.3) is 5.91 Å². The molecule has 1 aromatic heterocycles. The van der Waals surface area contributed by atoms with Gasteiger partial charge >= 0.3 is 0 Å². The van der Waals surface area contributed by atoms with Gasteiger partial charge in [0.2, 0.25) is 0 Å². The number of aryl methyl sites for hydroxylation is 2. The third kappa shape index (κ3) is 3.29. The largest absolute Gasteiger partial charge is 0.272 e. The van der Waals surface area contributed by atoms with Gasteiger partial charge in [0.05, 0.1) is 11.3 Å². The molecule has 0 atom stereocenters. The second kappa shape index (κ2) is 6.10. The second-order valence-electron chi connectivity index (χ2n) is 4.68. The Kier molecular flexibility index (Phi) is 4.25. The summed E-state index contributed by atoms with van der Waals surface area (Å²) in [5.41, 5.74) is 7.24. The van der Waals surface area contributed by atoms with E-state index in [-0.39, 0.29) is 5.91 Å². The third-order valence-electron chi connectivity index (χ3n) is 3.17. The molecular formula is C16H17N3O. The van der Waals surface area contributed by atoms with Crippen LogP contribution in [0.15, 0.2) is 47.8 Å². The number of aromatic nitrogens is 1. The fraction of sp³-hybridized carbons (Fsp3) is 0.188. The van der Waals surface area contributed by atoms with Gasteiger partial charge in [0.15, 0.2) is 0 Å². The van der Waals surface area contributed by atoms with Crippen molar-refractivity contribution in [2.75, 3.05) is 0 Å². The maximum atomic E-state index is 11.8. The number of carbonyl (C=O) groups excluding carboxylic acids is 1. The van der Waals surface area contributed by atoms with Gasteiger partial charge < -0.3 is 0 Å². The number of amides is 1. The van der Waals surface area contributed by atoms with E-state index in [1.54, 1.807) is 18.3 Å². The highest BCUT2D eigenvalue weighted by Gasteiger charge is 2.04. The molecule has 0 bridgehead atoms. The highest BCUT2D eigenvalue weighted by atomic mass is 16.2. The highest BCUT2D eigenvalue weighted by molar-refractivity contribution is 6.00. The zero-order chi connectivity index (χ0) is 14.5. The zero-order valence-corrected chi connectivity index (χ0v) is 11.8. The van der Waals surface area contributed by atoms with Crippen LogP contribution in [0, 0.1) is 13.8 Å². The summed E-state index contributed by atoms with van der Waals surface area (Å²) in [6, 6.07) is 9.52. The molecule has 4 nitrogen and oxygen atoms in total. The minimum absolute atomic E-state index is 0.263. The van der Waals surface area contributed by atoms with Crippen LogP contribution in [0.25, 0.3) is 0 Å². The second-order valence-corrected chi connectivity index (χ2v) is 4.68. The van der Waals surface area contributed by atoms with Crippen molar-refractivity contribution in [2.45, 2.75) is 20.8 Å². The third-order valence-corrected chi connectivity index (χ3v) is 3.17. The number of rotatable bonds is 3. The van der Waals surface area contributed by atoms with E-state index in [1.165, 1.54) is 17.3 Å². The molecule has 0 unspecified atom stereocenters. The molecule has 0 aliphatic rings. The Labute approximate surface area is 118 Å². The summed E-state index contributed by atoms with van der Waals surface area (Å²) in [5.74, 6) is -0.263. The first-order valence-electron chi connectivity index (χ1n) is 6.40. The molecular weight excluding hydrogens is 250 g/mol. The van der Waals surface area contributed by atoms with Crippen LogP contribution in [-0.2, 0) is 0 Å². The molecule has 0 saturated heterocycles. The van der Waals surface area contributed by atoms with E-state index in [4.69, 9.17) is 0 Å². The van der Waals surface area contributed by atoms with Crippen LogP contribution in [-0.4, -0.2) is 16.6 Å². The fourth-order valence-corrected chi connectivity index (χ4v) is 1.73. The maximum Gasteiger partial charge on any atom is 0.272 e. The van der Waals surface area contributed by atoms with Gasteiger partial charge in [-0.3, -0.25) is 9.78 Å². The number of pyridine rings is 1. The Morgan fingerprint density at radius 1 is 1.15 bits per heavy atom. The zero-order valence-electron chi connectivity index (χ0n) is 11.8. The number of hydrogen-bond acceptors (Lipinski definition) is 3. The minimum atomic E-state index is -0.263.